The van der Waals surface area contributed by atoms with E-state index in [1.807, 2.05) is 19.1 Å². The third-order valence-electron chi connectivity index (χ3n) is 2.57. The van der Waals surface area contributed by atoms with Gasteiger partial charge in [-0.25, -0.2) is 4.79 Å². The molecule has 0 heterocycles. The molecule has 1 unspecified atom stereocenters. The van der Waals surface area contributed by atoms with E-state index in [2.05, 4.69) is 0 Å². The molecular weight excluding hydrogens is 251 g/mol. The Bertz CT molecular complexity index is 485. The summed E-state index contributed by atoms with van der Waals surface area (Å²) in [7, 11) is -0.356. The third kappa shape index (κ3) is 3.23. The zero-order valence-electron chi connectivity index (χ0n) is 10.8. The SMILES string of the molecule is Cc1cc(C)c(C(=O)OC(=O)C(C)P=O)c(C)c1. The lowest BCUT2D eigenvalue weighted by Gasteiger charge is -2.10. The smallest absolute Gasteiger partial charge is 0.346 e. The maximum absolute atomic E-state index is 11.9. The van der Waals surface area contributed by atoms with E-state index >= 15 is 0 Å². The van der Waals surface area contributed by atoms with Crippen LogP contribution in [-0.2, 0) is 14.1 Å². The number of aryl methyl sites for hydroxylation is 3. The molecule has 0 aliphatic rings. The molecule has 1 atom stereocenters. The molecule has 0 amide bonds. The maximum atomic E-state index is 11.9. The van der Waals surface area contributed by atoms with Gasteiger partial charge in [-0.3, -0.25) is 9.36 Å². The zero-order chi connectivity index (χ0) is 13.9. The molecule has 0 radical (unpaired) electrons. The number of ether oxygens (including phenoxy) is 1. The molecule has 0 aliphatic carbocycles. The van der Waals surface area contributed by atoms with Gasteiger partial charge in [-0.15, -0.1) is 0 Å². The molecular formula is C13H15O4P. The van der Waals surface area contributed by atoms with Gasteiger partial charge in [-0.2, -0.15) is 0 Å². The van der Waals surface area contributed by atoms with Crippen LogP contribution in [0, 0.1) is 20.8 Å². The Morgan fingerprint density at radius 1 is 1.17 bits per heavy atom. The molecule has 5 heteroatoms. The van der Waals surface area contributed by atoms with Crippen LogP contribution in [0.3, 0.4) is 0 Å². The van der Waals surface area contributed by atoms with Gasteiger partial charge in [0.25, 0.3) is 0 Å². The molecule has 0 N–H and O–H groups in total. The average molecular weight is 266 g/mol. The number of rotatable bonds is 3. The number of carbonyl (C=O) groups is 2. The zero-order valence-corrected chi connectivity index (χ0v) is 11.7. The van der Waals surface area contributed by atoms with Crippen molar-refractivity contribution >= 4 is 20.4 Å². The van der Waals surface area contributed by atoms with Crippen LogP contribution in [0.5, 0.6) is 0 Å². The fourth-order valence-corrected chi connectivity index (χ4v) is 1.91. The standard InChI is InChI=1S/C13H15O4P/c1-7-5-8(2)11(9(3)6-7)13(15)17-12(14)10(4)18-16/h5-6,10H,1-4H3. The van der Waals surface area contributed by atoms with Gasteiger partial charge in [-0.05, 0) is 38.8 Å². The van der Waals surface area contributed by atoms with Gasteiger partial charge in [0.2, 0.25) is 0 Å². The summed E-state index contributed by atoms with van der Waals surface area (Å²) >= 11 is 0. The van der Waals surface area contributed by atoms with Crippen molar-refractivity contribution in [1.82, 2.24) is 0 Å². The number of carbonyl (C=O) groups excluding carboxylic acids is 2. The molecule has 0 saturated heterocycles. The van der Waals surface area contributed by atoms with E-state index in [0.717, 1.165) is 16.7 Å². The van der Waals surface area contributed by atoms with Crippen LogP contribution in [-0.4, -0.2) is 17.6 Å². The predicted molar refractivity (Wildman–Crippen MR) is 68.1 cm³/mol. The minimum atomic E-state index is -0.833. The molecule has 18 heavy (non-hydrogen) atoms. The molecule has 0 bridgehead atoms. The van der Waals surface area contributed by atoms with Gasteiger partial charge in [0.05, 0.1) is 5.56 Å². The van der Waals surface area contributed by atoms with E-state index in [0.29, 0.717) is 5.56 Å². The molecule has 96 valence electrons. The van der Waals surface area contributed by atoms with Crippen molar-refractivity contribution in [2.24, 2.45) is 0 Å². The molecule has 0 spiro atoms. The summed E-state index contributed by atoms with van der Waals surface area (Å²) in [6, 6.07) is 3.70. The molecule has 0 aromatic heterocycles. The lowest BCUT2D eigenvalue weighted by molar-refractivity contribution is -0.137. The van der Waals surface area contributed by atoms with Gasteiger partial charge < -0.3 is 4.74 Å². The minimum absolute atomic E-state index is 0.356. The minimum Gasteiger partial charge on any atom is -0.389 e. The largest absolute Gasteiger partial charge is 0.389 e. The molecule has 4 nitrogen and oxygen atoms in total. The summed E-state index contributed by atoms with van der Waals surface area (Å²) in [5, 5.41) is 0. The van der Waals surface area contributed by atoms with Crippen LogP contribution >= 0.6 is 8.46 Å². The Labute approximate surface area is 108 Å². The third-order valence-corrected chi connectivity index (χ3v) is 3.10. The maximum Gasteiger partial charge on any atom is 0.346 e. The summed E-state index contributed by atoms with van der Waals surface area (Å²) < 4.78 is 15.2. The van der Waals surface area contributed by atoms with Crippen LogP contribution in [0.4, 0.5) is 0 Å². The van der Waals surface area contributed by atoms with E-state index < -0.39 is 17.6 Å². The van der Waals surface area contributed by atoms with Gasteiger partial charge in [0.15, 0.2) is 8.46 Å². The topological polar surface area (TPSA) is 60.4 Å². The monoisotopic (exact) mass is 266 g/mol. The van der Waals surface area contributed by atoms with Crippen molar-refractivity contribution in [3.05, 3.63) is 34.4 Å². The van der Waals surface area contributed by atoms with E-state index in [1.54, 1.807) is 13.8 Å². The first kappa shape index (κ1) is 14.5. The van der Waals surface area contributed by atoms with E-state index in [9.17, 15) is 14.2 Å². The Morgan fingerprint density at radius 3 is 2.11 bits per heavy atom. The lowest BCUT2D eigenvalue weighted by atomic mass is 10.00. The quantitative estimate of drug-likeness (QED) is 0.479. The Kier molecular flexibility index (Phi) is 4.74. The highest BCUT2D eigenvalue weighted by Crippen LogP contribution is 2.18. The van der Waals surface area contributed by atoms with E-state index in [1.165, 1.54) is 6.92 Å². The Morgan fingerprint density at radius 2 is 1.67 bits per heavy atom. The molecule has 0 saturated carbocycles. The Balaban J connectivity index is 2.99. The highest BCUT2D eigenvalue weighted by atomic mass is 31.1. The second-order valence-electron chi connectivity index (χ2n) is 4.26. The first-order valence-electron chi connectivity index (χ1n) is 5.53. The number of benzene rings is 1. The average Bonchev–Trinajstić information content (AvgIpc) is 2.26. The van der Waals surface area contributed by atoms with Crippen molar-refractivity contribution in [3.63, 3.8) is 0 Å². The molecule has 1 aromatic rings. The van der Waals surface area contributed by atoms with Crippen molar-refractivity contribution in [2.75, 3.05) is 0 Å². The first-order valence-corrected chi connectivity index (χ1v) is 6.41. The highest BCUT2D eigenvalue weighted by molar-refractivity contribution is 7.26. The molecule has 0 fully saturated rings. The molecule has 1 rings (SSSR count). The van der Waals surface area contributed by atoms with Crippen LogP contribution in [0.2, 0.25) is 0 Å². The van der Waals surface area contributed by atoms with Crippen LogP contribution < -0.4 is 0 Å². The van der Waals surface area contributed by atoms with Crippen molar-refractivity contribution < 1.29 is 18.9 Å². The van der Waals surface area contributed by atoms with Crippen LogP contribution in [0.1, 0.15) is 34.0 Å². The number of hydrogen-bond donors (Lipinski definition) is 0. The Hall–Kier alpha value is -1.54. The van der Waals surface area contributed by atoms with E-state index in [4.69, 9.17) is 4.74 Å². The van der Waals surface area contributed by atoms with E-state index in [-0.39, 0.29) is 8.46 Å². The summed E-state index contributed by atoms with van der Waals surface area (Å²) in [6.07, 6.45) is 0. The summed E-state index contributed by atoms with van der Waals surface area (Å²) in [5.41, 5.74) is 2.12. The van der Waals surface area contributed by atoms with Gasteiger partial charge in [-0.1, -0.05) is 17.7 Å². The lowest BCUT2D eigenvalue weighted by Crippen LogP contribution is -2.20. The normalized spacial score (nSPS) is 12.2. The predicted octanol–water partition coefficient (Wildman–Crippen LogP) is 2.98. The first-order chi connectivity index (χ1) is 8.36. The number of esters is 2. The van der Waals surface area contributed by atoms with Gasteiger partial charge in [0.1, 0.15) is 5.66 Å². The fourth-order valence-electron chi connectivity index (χ4n) is 1.77. The number of hydrogen-bond acceptors (Lipinski definition) is 4. The molecule has 0 aliphatic heterocycles. The summed E-state index contributed by atoms with van der Waals surface area (Å²) in [4.78, 5) is 23.3. The summed E-state index contributed by atoms with van der Waals surface area (Å²) in [5.74, 6) is -1.47. The van der Waals surface area contributed by atoms with Crippen LogP contribution in [0.15, 0.2) is 12.1 Å². The van der Waals surface area contributed by atoms with Gasteiger partial charge in [0, 0.05) is 0 Å². The highest BCUT2D eigenvalue weighted by Gasteiger charge is 2.22. The van der Waals surface area contributed by atoms with Crippen molar-refractivity contribution in [1.29, 1.82) is 0 Å². The second-order valence-corrected chi connectivity index (χ2v) is 5.25. The summed E-state index contributed by atoms with van der Waals surface area (Å²) in [6.45, 7) is 6.93. The van der Waals surface area contributed by atoms with Crippen LogP contribution in [0.25, 0.3) is 0 Å². The second kappa shape index (κ2) is 5.87. The fraction of sp³-hybridized carbons (Fsp3) is 0.385. The van der Waals surface area contributed by atoms with Crippen molar-refractivity contribution in [2.45, 2.75) is 33.4 Å². The molecule has 1 aromatic carbocycles. The van der Waals surface area contributed by atoms with Crippen molar-refractivity contribution in [3.8, 4) is 0 Å². The van der Waals surface area contributed by atoms with Gasteiger partial charge >= 0.3 is 11.9 Å².